The summed E-state index contributed by atoms with van der Waals surface area (Å²) in [6, 6.07) is 4.57. The Bertz CT molecular complexity index is 1060. The van der Waals surface area contributed by atoms with Crippen molar-refractivity contribution in [3.8, 4) is 5.75 Å². The van der Waals surface area contributed by atoms with E-state index >= 15 is 0 Å². The third-order valence-electron chi connectivity index (χ3n) is 5.54. The lowest BCUT2D eigenvalue weighted by Gasteiger charge is -2.21. The molecule has 1 aliphatic heterocycles. The Morgan fingerprint density at radius 1 is 1.27 bits per heavy atom. The van der Waals surface area contributed by atoms with Crippen molar-refractivity contribution in [1.29, 1.82) is 0 Å². The summed E-state index contributed by atoms with van der Waals surface area (Å²) in [5, 5.41) is 0. The van der Waals surface area contributed by atoms with E-state index in [4.69, 9.17) is 15.2 Å². The van der Waals surface area contributed by atoms with Gasteiger partial charge in [-0.15, -0.1) is 0 Å². The molecule has 0 saturated carbocycles. The molecule has 0 bridgehead atoms. The van der Waals surface area contributed by atoms with Crippen LogP contribution >= 0.6 is 0 Å². The summed E-state index contributed by atoms with van der Waals surface area (Å²) in [4.78, 5) is 17.4. The third-order valence-corrected chi connectivity index (χ3v) is 5.54. The normalized spacial score (nSPS) is 17.6. The Balaban J connectivity index is 2.10. The van der Waals surface area contributed by atoms with Crippen molar-refractivity contribution in [2.45, 2.75) is 57.9 Å². The number of hydrogen-bond acceptors (Lipinski definition) is 4. The van der Waals surface area contributed by atoms with Gasteiger partial charge in [-0.1, -0.05) is 20.8 Å². The topological polar surface area (TPSA) is 83.8 Å². The summed E-state index contributed by atoms with van der Waals surface area (Å²) < 4.78 is 54.8. The van der Waals surface area contributed by atoms with Crippen LogP contribution < -0.4 is 16.0 Å². The highest BCUT2D eigenvalue weighted by molar-refractivity contribution is 5.97. The van der Waals surface area contributed by atoms with Crippen molar-refractivity contribution in [1.82, 2.24) is 9.36 Å². The van der Waals surface area contributed by atoms with Crippen molar-refractivity contribution in [3.63, 3.8) is 0 Å². The molecule has 10 heteroatoms. The molecule has 1 amide bonds. The number of benzene rings is 1. The zero-order chi connectivity index (χ0) is 24.4. The molecule has 7 nitrogen and oxygen atoms in total. The minimum Gasteiger partial charge on any atom is -0.491 e. The molecule has 0 aliphatic carbocycles. The number of carbonyl (C=O) groups is 1. The second-order valence-corrected chi connectivity index (χ2v) is 9.14. The minimum atomic E-state index is -4.60. The number of amides is 1. The molecule has 1 saturated heterocycles. The molecule has 1 aliphatic rings. The molecule has 1 aromatic heterocycles. The number of halogens is 3. The summed E-state index contributed by atoms with van der Waals surface area (Å²) in [6.07, 6.45) is -2.77. The fourth-order valence-electron chi connectivity index (χ4n) is 3.90. The summed E-state index contributed by atoms with van der Waals surface area (Å²) in [5.74, 6) is -0.805. The highest BCUT2D eigenvalue weighted by Gasteiger charge is 2.32. The second-order valence-electron chi connectivity index (χ2n) is 9.14. The first-order valence-electron chi connectivity index (χ1n) is 10.9. The molecule has 1 fully saturated rings. The maximum absolute atomic E-state index is 13.3. The highest BCUT2D eigenvalue weighted by Crippen LogP contribution is 2.33. The third kappa shape index (κ3) is 5.86. The maximum atomic E-state index is 13.3. The Kier molecular flexibility index (Phi) is 7.38. The van der Waals surface area contributed by atoms with Gasteiger partial charge in [-0.05, 0) is 31.0 Å². The van der Waals surface area contributed by atoms with Crippen LogP contribution in [0.5, 0.6) is 5.75 Å². The van der Waals surface area contributed by atoms with Gasteiger partial charge >= 0.3 is 6.18 Å². The van der Waals surface area contributed by atoms with E-state index in [-0.39, 0.29) is 36.0 Å². The molecular formula is C23H31F3N4O3. The zero-order valence-electron chi connectivity index (χ0n) is 19.4. The van der Waals surface area contributed by atoms with E-state index in [1.54, 1.807) is 6.07 Å². The fourth-order valence-corrected chi connectivity index (χ4v) is 3.90. The van der Waals surface area contributed by atoms with E-state index < -0.39 is 17.6 Å². The molecule has 1 atom stereocenters. The van der Waals surface area contributed by atoms with Gasteiger partial charge in [0.2, 0.25) is 0 Å². The van der Waals surface area contributed by atoms with Crippen molar-refractivity contribution in [3.05, 3.63) is 46.6 Å². The predicted molar refractivity (Wildman–Crippen MR) is 117 cm³/mol. The van der Waals surface area contributed by atoms with E-state index in [2.05, 4.69) is 4.99 Å². The summed E-state index contributed by atoms with van der Waals surface area (Å²) in [5.41, 5.74) is 5.28. The number of aromatic nitrogens is 2. The molecule has 2 heterocycles. The summed E-state index contributed by atoms with van der Waals surface area (Å²) in [6.45, 7) is 7.49. The van der Waals surface area contributed by atoms with E-state index in [0.29, 0.717) is 18.6 Å². The number of rotatable bonds is 6. The fraction of sp³-hybridized carbons (Fsp3) is 0.565. The van der Waals surface area contributed by atoms with Crippen LogP contribution in [0.2, 0.25) is 0 Å². The molecule has 182 valence electrons. The number of carbonyl (C=O) groups excluding carboxylic acids is 1. The van der Waals surface area contributed by atoms with E-state index in [9.17, 15) is 18.0 Å². The monoisotopic (exact) mass is 468 g/mol. The first kappa shape index (κ1) is 25.0. The first-order valence-corrected chi connectivity index (χ1v) is 10.9. The van der Waals surface area contributed by atoms with Crippen LogP contribution in [0.25, 0.3) is 0 Å². The average molecular weight is 469 g/mol. The van der Waals surface area contributed by atoms with Crippen molar-refractivity contribution in [2.24, 2.45) is 17.8 Å². The van der Waals surface area contributed by atoms with Crippen LogP contribution in [0, 0.1) is 0 Å². The maximum Gasteiger partial charge on any atom is 0.416 e. The first-order chi connectivity index (χ1) is 15.4. The van der Waals surface area contributed by atoms with Crippen LogP contribution in [0.15, 0.2) is 29.3 Å². The number of nitrogens with zero attached hydrogens (tertiary/aromatic N) is 3. The quantitative estimate of drug-likeness (QED) is 0.704. The van der Waals surface area contributed by atoms with E-state index in [1.165, 1.54) is 0 Å². The highest BCUT2D eigenvalue weighted by atomic mass is 19.4. The van der Waals surface area contributed by atoms with Gasteiger partial charge in [-0.25, -0.2) is 0 Å². The van der Waals surface area contributed by atoms with Gasteiger partial charge in [0, 0.05) is 37.4 Å². The average Bonchev–Trinajstić information content (AvgIpc) is 3.34. The molecule has 33 heavy (non-hydrogen) atoms. The van der Waals surface area contributed by atoms with Gasteiger partial charge in [0.1, 0.15) is 12.4 Å². The Hall–Kier alpha value is -2.59. The lowest BCUT2D eigenvalue weighted by Crippen LogP contribution is -2.30. The Labute approximate surface area is 191 Å². The van der Waals surface area contributed by atoms with E-state index in [1.807, 2.05) is 37.2 Å². The predicted octanol–water partition coefficient (Wildman–Crippen LogP) is 3.40. The molecule has 2 aromatic rings. The van der Waals surface area contributed by atoms with Crippen LogP contribution in [0.1, 0.15) is 55.2 Å². The second kappa shape index (κ2) is 9.72. The van der Waals surface area contributed by atoms with Crippen LogP contribution in [-0.2, 0) is 29.9 Å². The van der Waals surface area contributed by atoms with Gasteiger partial charge < -0.3 is 15.2 Å². The molecule has 1 aromatic carbocycles. The molecule has 3 rings (SSSR count). The number of ether oxygens (including phenoxy) is 2. The molecular weight excluding hydrogens is 437 g/mol. The molecule has 0 spiro atoms. The van der Waals surface area contributed by atoms with Gasteiger partial charge in [0.15, 0.2) is 5.49 Å². The van der Waals surface area contributed by atoms with Gasteiger partial charge in [0.05, 0.1) is 23.8 Å². The van der Waals surface area contributed by atoms with Crippen LogP contribution in [-0.4, -0.2) is 41.1 Å². The van der Waals surface area contributed by atoms with E-state index in [0.717, 1.165) is 36.7 Å². The van der Waals surface area contributed by atoms with Crippen molar-refractivity contribution in [2.75, 3.05) is 19.8 Å². The van der Waals surface area contributed by atoms with Crippen LogP contribution in [0.4, 0.5) is 13.2 Å². The summed E-state index contributed by atoms with van der Waals surface area (Å²) in [7, 11) is 1.87. The number of nitrogens with two attached hydrogens (primary N) is 1. The van der Waals surface area contributed by atoms with Crippen molar-refractivity contribution < 1.29 is 27.4 Å². The minimum absolute atomic E-state index is 0.0138. The van der Waals surface area contributed by atoms with Gasteiger partial charge in [-0.2, -0.15) is 18.2 Å². The van der Waals surface area contributed by atoms with Gasteiger partial charge in [0.25, 0.3) is 5.91 Å². The molecule has 0 radical (unpaired) electrons. The number of alkyl halides is 3. The van der Waals surface area contributed by atoms with Crippen molar-refractivity contribution >= 4 is 5.91 Å². The number of hydrogen-bond donors (Lipinski definition) is 1. The van der Waals surface area contributed by atoms with Gasteiger partial charge in [-0.3, -0.25) is 14.2 Å². The zero-order valence-corrected chi connectivity index (χ0v) is 19.4. The lowest BCUT2D eigenvalue weighted by molar-refractivity contribution is -0.137. The largest absolute Gasteiger partial charge is 0.491 e. The smallest absolute Gasteiger partial charge is 0.416 e. The summed E-state index contributed by atoms with van der Waals surface area (Å²) >= 11 is 0. The lowest BCUT2D eigenvalue weighted by atomic mass is 9.92. The molecule has 2 N–H and O–H groups in total. The molecule has 0 unspecified atom stereocenters. The Morgan fingerprint density at radius 3 is 2.58 bits per heavy atom. The standard InChI is InChI=1S/C23H31F3N4O3/c1-22(2,3)19-13-20(30(29(19)4)14-16-6-5-10-32-16)28-21(31)17-12-15(23(24,25)26)7-8-18(17)33-11-9-27/h7-8,12-13,16H,5-6,9-11,14,27H2,1-4H3/t16-/m1/s1. The Morgan fingerprint density at radius 2 is 2.00 bits per heavy atom. The van der Waals surface area contributed by atoms with Crippen LogP contribution in [0.3, 0.4) is 0 Å². The SMILES string of the molecule is Cn1c(C(C)(C)C)cc(=NC(=O)c2cc(C(F)(F)F)ccc2OCCN)n1C[C@H]1CCCO1.